The van der Waals surface area contributed by atoms with Gasteiger partial charge >= 0.3 is 0 Å². The van der Waals surface area contributed by atoms with Crippen LogP contribution in [0.1, 0.15) is 48.8 Å². The number of rotatable bonds is 8. The maximum atomic E-state index is 12.8. The molecule has 0 radical (unpaired) electrons. The zero-order valence-electron chi connectivity index (χ0n) is 17.0. The van der Waals surface area contributed by atoms with Crippen LogP contribution in [0.3, 0.4) is 0 Å². The molecule has 0 unspecified atom stereocenters. The maximum absolute atomic E-state index is 12.8. The van der Waals surface area contributed by atoms with Gasteiger partial charge in [-0.2, -0.15) is 0 Å². The average molecular weight is 410 g/mol. The van der Waals surface area contributed by atoms with Crippen molar-refractivity contribution in [2.24, 2.45) is 0 Å². The first-order chi connectivity index (χ1) is 14.0. The maximum Gasteiger partial charge on any atom is 0.234 e. The Morgan fingerprint density at radius 2 is 1.86 bits per heavy atom. The number of carbonyl (C=O) groups is 1. The monoisotopic (exact) mass is 409 g/mol. The Kier molecular flexibility index (Phi) is 6.99. The number of thioether (sulfide) groups is 1. The number of benzene rings is 2. The van der Waals surface area contributed by atoms with Gasteiger partial charge in [0.05, 0.1) is 17.0 Å². The minimum Gasteiger partial charge on any atom is -0.508 e. The average Bonchev–Trinajstić information content (AvgIpc) is 3.07. The normalized spacial score (nSPS) is 13.1. The Balaban J connectivity index is 1.64. The lowest BCUT2D eigenvalue weighted by molar-refractivity contribution is -0.121. The van der Waals surface area contributed by atoms with Crippen LogP contribution in [0.2, 0.25) is 0 Å². The van der Waals surface area contributed by atoms with E-state index in [0.717, 1.165) is 27.7 Å². The molecule has 0 aliphatic heterocycles. The molecule has 0 fully saturated rings. The quantitative estimate of drug-likeness (QED) is 0.469. The standard InChI is InChI=1S/C23H27N3O2S/c1-4-21(22(28)24-15(2)18-8-6-5-7-9-18)29-23-25-16(3)20(26-23)14-17-10-12-19(27)13-11-17/h5-13,15,21,27H,4,14H2,1-3H3,(H,24,28)(H,25,26)/t15-,21-/m1/s1. The zero-order chi connectivity index (χ0) is 20.8. The largest absolute Gasteiger partial charge is 0.508 e. The summed E-state index contributed by atoms with van der Waals surface area (Å²) in [5.74, 6) is 0.272. The van der Waals surface area contributed by atoms with Crippen molar-refractivity contribution in [3.63, 3.8) is 0 Å². The molecule has 3 rings (SSSR count). The van der Waals surface area contributed by atoms with E-state index in [4.69, 9.17) is 4.98 Å². The predicted octanol–water partition coefficient (Wildman–Crippen LogP) is 4.76. The Morgan fingerprint density at radius 3 is 2.52 bits per heavy atom. The molecule has 2 atom stereocenters. The topological polar surface area (TPSA) is 78.0 Å². The number of aryl methyl sites for hydroxylation is 1. The highest BCUT2D eigenvalue weighted by molar-refractivity contribution is 8.00. The van der Waals surface area contributed by atoms with E-state index in [-0.39, 0.29) is 22.9 Å². The first kappa shape index (κ1) is 21.0. The summed E-state index contributed by atoms with van der Waals surface area (Å²) in [5.41, 5.74) is 4.11. The highest BCUT2D eigenvalue weighted by Gasteiger charge is 2.22. The van der Waals surface area contributed by atoms with E-state index in [9.17, 15) is 9.90 Å². The van der Waals surface area contributed by atoms with Crippen molar-refractivity contribution in [2.45, 2.75) is 50.1 Å². The molecule has 0 saturated heterocycles. The third kappa shape index (κ3) is 5.64. The lowest BCUT2D eigenvalue weighted by Crippen LogP contribution is -2.34. The van der Waals surface area contributed by atoms with Crippen molar-refractivity contribution in [2.75, 3.05) is 0 Å². The first-order valence-electron chi connectivity index (χ1n) is 9.81. The number of nitrogens with one attached hydrogen (secondary N) is 2. The molecule has 0 aliphatic rings. The van der Waals surface area contributed by atoms with Gasteiger partial charge in [-0.3, -0.25) is 4.79 Å². The van der Waals surface area contributed by atoms with Crippen LogP contribution in [0.4, 0.5) is 0 Å². The molecule has 0 bridgehead atoms. The lowest BCUT2D eigenvalue weighted by atomic mass is 10.1. The smallest absolute Gasteiger partial charge is 0.234 e. The Morgan fingerprint density at radius 1 is 1.17 bits per heavy atom. The predicted molar refractivity (Wildman–Crippen MR) is 117 cm³/mol. The van der Waals surface area contributed by atoms with Gasteiger partial charge < -0.3 is 15.4 Å². The van der Waals surface area contributed by atoms with Crippen LogP contribution in [0.15, 0.2) is 59.8 Å². The number of aromatic amines is 1. The van der Waals surface area contributed by atoms with Gasteiger partial charge in [-0.15, -0.1) is 0 Å². The second kappa shape index (κ2) is 9.65. The van der Waals surface area contributed by atoms with Gasteiger partial charge in [-0.05, 0) is 43.5 Å². The number of amides is 1. The molecule has 2 aromatic carbocycles. The van der Waals surface area contributed by atoms with Gasteiger partial charge in [-0.1, -0.05) is 61.2 Å². The van der Waals surface area contributed by atoms with Crippen molar-refractivity contribution < 1.29 is 9.90 Å². The number of aromatic hydroxyl groups is 1. The van der Waals surface area contributed by atoms with E-state index >= 15 is 0 Å². The molecule has 0 saturated carbocycles. The van der Waals surface area contributed by atoms with Crippen molar-refractivity contribution >= 4 is 17.7 Å². The minimum absolute atomic E-state index is 0.0167. The fourth-order valence-corrected chi connectivity index (χ4v) is 4.08. The molecule has 0 spiro atoms. The van der Waals surface area contributed by atoms with Gasteiger partial charge in [0.15, 0.2) is 5.16 Å². The summed E-state index contributed by atoms with van der Waals surface area (Å²) in [6, 6.07) is 17.1. The van der Waals surface area contributed by atoms with Gasteiger partial charge in [0.2, 0.25) is 5.91 Å². The Labute approximate surface area is 176 Å². The molecule has 5 nitrogen and oxygen atoms in total. The highest BCUT2D eigenvalue weighted by Crippen LogP contribution is 2.26. The molecule has 6 heteroatoms. The van der Waals surface area contributed by atoms with E-state index in [1.807, 2.05) is 63.2 Å². The van der Waals surface area contributed by atoms with Crippen LogP contribution >= 0.6 is 11.8 Å². The minimum atomic E-state index is -0.215. The number of hydrogen-bond acceptors (Lipinski definition) is 4. The van der Waals surface area contributed by atoms with E-state index in [0.29, 0.717) is 12.8 Å². The second-order valence-corrected chi connectivity index (χ2v) is 8.30. The van der Waals surface area contributed by atoms with E-state index in [1.165, 1.54) is 11.8 Å². The summed E-state index contributed by atoms with van der Waals surface area (Å²) < 4.78 is 0. The molecule has 1 aromatic heterocycles. The third-order valence-corrected chi connectivity index (χ3v) is 6.10. The Hall–Kier alpha value is -2.73. The number of carbonyl (C=O) groups excluding carboxylic acids is 1. The van der Waals surface area contributed by atoms with Gasteiger partial charge in [0, 0.05) is 12.1 Å². The van der Waals surface area contributed by atoms with Gasteiger partial charge in [0.1, 0.15) is 5.75 Å². The lowest BCUT2D eigenvalue weighted by Gasteiger charge is -2.18. The summed E-state index contributed by atoms with van der Waals surface area (Å²) in [6.07, 6.45) is 1.39. The second-order valence-electron chi connectivity index (χ2n) is 7.11. The molecule has 3 N–H and O–H groups in total. The molecule has 1 amide bonds. The van der Waals surface area contributed by atoms with Crippen LogP contribution in [-0.4, -0.2) is 26.2 Å². The van der Waals surface area contributed by atoms with Crippen LogP contribution in [0, 0.1) is 6.92 Å². The molecule has 152 valence electrons. The fraction of sp³-hybridized carbons (Fsp3) is 0.304. The van der Waals surface area contributed by atoms with E-state index in [2.05, 4.69) is 10.3 Å². The summed E-state index contributed by atoms with van der Waals surface area (Å²) in [7, 11) is 0. The summed E-state index contributed by atoms with van der Waals surface area (Å²) >= 11 is 1.46. The van der Waals surface area contributed by atoms with Crippen molar-refractivity contribution in [1.82, 2.24) is 15.3 Å². The van der Waals surface area contributed by atoms with E-state index in [1.54, 1.807) is 12.1 Å². The van der Waals surface area contributed by atoms with Crippen molar-refractivity contribution in [3.8, 4) is 5.75 Å². The molecule has 0 aliphatic carbocycles. The molecular weight excluding hydrogens is 382 g/mol. The van der Waals surface area contributed by atoms with Gasteiger partial charge in [-0.25, -0.2) is 4.98 Å². The summed E-state index contributed by atoms with van der Waals surface area (Å²) in [4.78, 5) is 20.8. The number of phenolic OH excluding ortho intramolecular Hbond substituents is 1. The SMILES string of the molecule is CC[C@@H](Sc1nc(Cc2ccc(O)cc2)c(C)[nH]1)C(=O)N[C@H](C)c1ccccc1. The van der Waals surface area contributed by atoms with E-state index < -0.39 is 0 Å². The number of nitrogens with zero attached hydrogens (tertiary/aromatic N) is 1. The van der Waals surface area contributed by atoms with Crippen LogP contribution in [0.25, 0.3) is 0 Å². The van der Waals surface area contributed by atoms with Crippen LogP contribution < -0.4 is 5.32 Å². The molecule has 1 heterocycles. The number of hydrogen-bond donors (Lipinski definition) is 3. The van der Waals surface area contributed by atoms with Crippen LogP contribution in [-0.2, 0) is 11.2 Å². The number of H-pyrrole nitrogens is 1. The Bertz CT molecular complexity index is 939. The van der Waals surface area contributed by atoms with Gasteiger partial charge in [0.25, 0.3) is 0 Å². The van der Waals surface area contributed by atoms with Crippen LogP contribution in [0.5, 0.6) is 5.75 Å². The number of imidazole rings is 1. The molecule has 29 heavy (non-hydrogen) atoms. The fourth-order valence-electron chi connectivity index (χ4n) is 3.09. The van der Waals surface area contributed by atoms with Crippen molar-refractivity contribution in [3.05, 3.63) is 77.1 Å². The molecular formula is C23H27N3O2S. The zero-order valence-corrected chi connectivity index (χ0v) is 17.8. The number of phenols is 1. The third-order valence-electron chi connectivity index (χ3n) is 4.85. The summed E-state index contributed by atoms with van der Waals surface area (Å²) in [5, 5.41) is 13.1. The summed E-state index contributed by atoms with van der Waals surface area (Å²) in [6.45, 7) is 6.00. The first-order valence-corrected chi connectivity index (χ1v) is 10.7. The number of aromatic nitrogens is 2. The molecule has 3 aromatic rings. The highest BCUT2D eigenvalue weighted by atomic mass is 32.2. The van der Waals surface area contributed by atoms with Crippen molar-refractivity contribution in [1.29, 1.82) is 0 Å².